The van der Waals surface area contributed by atoms with Crippen molar-refractivity contribution in [2.45, 2.75) is 76.8 Å². The van der Waals surface area contributed by atoms with Crippen LogP contribution in [0.25, 0.3) is 0 Å². The largest absolute Gasteiger partial charge is 0.329 e. The highest BCUT2D eigenvalue weighted by Crippen LogP contribution is 2.39. The van der Waals surface area contributed by atoms with E-state index in [-0.39, 0.29) is 5.54 Å². The van der Waals surface area contributed by atoms with Crippen molar-refractivity contribution < 1.29 is 0 Å². The molecule has 2 saturated carbocycles. The van der Waals surface area contributed by atoms with Crippen molar-refractivity contribution in [3.05, 3.63) is 0 Å². The zero-order chi connectivity index (χ0) is 12.3. The summed E-state index contributed by atoms with van der Waals surface area (Å²) >= 11 is 0. The normalized spacial score (nSPS) is 24.0. The van der Waals surface area contributed by atoms with Crippen LogP contribution in [0.2, 0.25) is 0 Å². The first-order chi connectivity index (χ1) is 8.19. The molecule has 2 fully saturated rings. The van der Waals surface area contributed by atoms with Gasteiger partial charge in [0.25, 0.3) is 0 Å². The van der Waals surface area contributed by atoms with E-state index in [4.69, 9.17) is 5.73 Å². The van der Waals surface area contributed by atoms with Gasteiger partial charge in [0, 0.05) is 24.7 Å². The second-order valence-electron chi connectivity index (χ2n) is 6.49. The summed E-state index contributed by atoms with van der Waals surface area (Å²) in [4.78, 5) is 2.78. The van der Waals surface area contributed by atoms with E-state index in [1.807, 2.05) is 0 Å². The third-order valence-electron chi connectivity index (χ3n) is 4.59. The fraction of sp³-hybridized carbons (Fsp3) is 1.00. The third-order valence-corrected chi connectivity index (χ3v) is 4.59. The minimum Gasteiger partial charge on any atom is -0.329 e. The van der Waals surface area contributed by atoms with Gasteiger partial charge in [-0.2, -0.15) is 0 Å². The molecule has 0 aromatic carbocycles. The average molecular weight is 238 g/mol. The van der Waals surface area contributed by atoms with Gasteiger partial charge < -0.3 is 5.73 Å². The molecule has 17 heavy (non-hydrogen) atoms. The highest BCUT2D eigenvalue weighted by molar-refractivity contribution is 4.98. The molecule has 0 amide bonds. The molecule has 2 aliphatic carbocycles. The van der Waals surface area contributed by atoms with Crippen LogP contribution in [0, 0.1) is 5.92 Å². The molecule has 2 aliphatic rings. The van der Waals surface area contributed by atoms with Crippen LogP contribution in [0.5, 0.6) is 0 Å². The standard InChI is InChI=1S/C15H30N2/c1-3-4-5-10-15(2,12-16)17(14-8-9-14)11-13-6-7-13/h13-14H,3-12,16H2,1-2H3. The summed E-state index contributed by atoms with van der Waals surface area (Å²) < 4.78 is 0. The Balaban J connectivity index is 1.90. The Kier molecular flexibility index (Phi) is 4.48. The van der Waals surface area contributed by atoms with Gasteiger partial charge in [0.1, 0.15) is 0 Å². The van der Waals surface area contributed by atoms with Crippen molar-refractivity contribution in [2.75, 3.05) is 13.1 Å². The number of rotatable bonds is 9. The van der Waals surface area contributed by atoms with Crippen LogP contribution in [-0.4, -0.2) is 29.6 Å². The van der Waals surface area contributed by atoms with Gasteiger partial charge in [0.15, 0.2) is 0 Å². The van der Waals surface area contributed by atoms with E-state index in [1.54, 1.807) is 0 Å². The van der Waals surface area contributed by atoms with Gasteiger partial charge in [-0.15, -0.1) is 0 Å². The van der Waals surface area contributed by atoms with Crippen molar-refractivity contribution in [1.29, 1.82) is 0 Å². The van der Waals surface area contributed by atoms with E-state index in [1.165, 1.54) is 57.9 Å². The Bertz CT molecular complexity index is 233. The Morgan fingerprint density at radius 1 is 1.18 bits per heavy atom. The van der Waals surface area contributed by atoms with Gasteiger partial charge in [0.2, 0.25) is 0 Å². The zero-order valence-electron chi connectivity index (χ0n) is 11.8. The minimum absolute atomic E-state index is 0.277. The Labute approximate surface area is 107 Å². The second-order valence-corrected chi connectivity index (χ2v) is 6.49. The smallest absolute Gasteiger partial charge is 0.0306 e. The number of hydrogen-bond acceptors (Lipinski definition) is 2. The maximum absolute atomic E-state index is 6.11. The number of hydrogen-bond donors (Lipinski definition) is 1. The van der Waals surface area contributed by atoms with Crippen LogP contribution in [0.1, 0.15) is 65.2 Å². The fourth-order valence-corrected chi connectivity index (χ4v) is 2.89. The molecule has 2 N–H and O–H groups in total. The average Bonchev–Trinajstić information content (AvgIpc) is 3.17. The molecular weight excluding hydrogens is 208 g/mol. The van der Waals surface area contributed by atoms with E-state index >= 15 is 0 Å². The molecule has 2 rings (SSSR count). The van der Waals surface area contributed by atoms with Crippen LogP contribution < -0.4 is 5.73 Å². The molecule has 0 heterocycles. The van der Waals surface area contributed by atoms with Crippen LogP contribution in [0.3, 0.4) is 0 Å². The molecule has 0 spiro atoms. The van der Waals surface area contributed by atoms with E-state index in [0.29, 0.717) is 0 Å². The SMILES string of the molecule is CCCCCC(C)(CN)N(CC1CC1)C1CC1. The molecule has 0 saturated heterocycles. The highest BCUT2D eigenvalue weighted by Gasteiger charge is 2.42. The van der Waals surface area contributed by atoms with Crippen molar-refractivity contribution in [1.82, 2.24) is 4.90 Å². The molecular formula is C15H30N2. The molecule has 2 nitrogen and oxygen atoms in total. The van der Waals surface area contributed by atoms with Crippen LogP contribution in [-0.2, 0) is 0 Å². The van der Waals surface area contributed by atoms with E-state index in [0.717, 1.165) is 18.5 Å². The zero-order valence-corrected chi connectivity index (χ0v) is 11.8. The molecule has 0 bridgehead atoms. The van der Waals surface area contributed by atoms with Gasteiger partial charge in [0.05, 0.1) is 0 Å². The van der Waals surface area contributed by atoms with Crippen molar-refractivity contribution in [2.24, 2.45) is 11.7 Å². The maximum atomic E-state index is 6.11. The lowest BCUT2D eigenvalue weighted by molar-refractivity contribution is 0.0839. The van der Waals surface area contributed by atoms with Gasteiger partial charge in [-0.05, 0) is 44.9 Å². The van der Waals surface area contributed by atoms with Crippen molar-refractivity contribution in [3.63, 3.8) is 0 Å². The van der Waals surface area contributed by atoms with Crippen LogP contribution in [0.4, 0.5) is 0 Å². The summed E-state index contributed by atoms with van der Waals surface area (Å²) in [6.07, 6.45) is 11.0. The fourth-order valence-electron chi connectivity index (χ4n) is 2.89. The predicted octanol–water partition coefficient (Wildman–Crippen LogP) is 3.16. The first-order valence-corrected chi connectivity index (χ1v) is 7.66. The Hall–Kier alpha value is -0.0800. The molecule has 0 aromatic heterocycles. The van der Waals surface area contributed by atoms with Crippen molar-refractivity contribution >= 4 is 0 Å². The summed E-state index contributed by atoms with van der Waals surface area (Å²) in [5.41, 5.74) is 6.39. The summed E-state index contributed by atoms with van der Waals surface area (Å²) in [7, 11) is 0. The molecule has 0 aromatic rings. The molecule has 100 valence electrons. The summed E-state index contributed by atoms with van der Waals surface area (Å²) in [6, 6.07) is 0.866. The second kappa shape index (κ2) is 5.71. The van der Waals surface area contributed by atoms with E-state index < -0.39 is 0 Å². The Morgan fingerprint density at radius 3 is 2.35 bits per heavy atom. The lowest BCUT2D eigenvalue weighted by Crippen LogP contribution is -2.53. The lowest BCUT2D eigenvalue weighted by Gasteiger charge is -2.41. The highest BCUT2D eigenvalue weighted by atomic mass is 15.3. The molecule has 0 aliphatic heterocycles. The van der Waals surface area contributed by atoms with Gasteiger partial charge in [-0.25, -0.2) is 0 Å². The van der Waals surface area contributed by atoms with Gasteiger partial charge in [-0.3, -0.25) is 4.90 Å². The molecule has 1 atom stereocenters. The number of nitrogens with two attached hydrogens (primary N) is 1. The van der Waals surface area contributed by atoms with E-state index in [9.17, 15) is 0 Å². The Morgan fingerprint density at radius 2 is 1.88 bits per heavy atom. The van der Waals surface area contributed by atoms with Gasteiger partial charge >= 0.3 is 0 Å². The number of unbranched alkanes of at least 4 members (excludes halogenated alkanes) is 2. The van der Waals surface area contributed by atoms with E-state index in [2.05, 4.69) is 18.7 Å². The first-order valence-electron chi connectivity index (χ1n) is 7.66. The quantitative estimate of drug-likeness (QED) is 0.625. The minimum atomic E-state index is 0.277. The topological polar surface area (TPSA) is 29.3 Å². The summed E-state index contributed by atoms with van der Waals surface area (Å²) in [6.45, 7) is 6.84. The monoisotopic (exact) mass is 238 g/mol. The molecule has 1 unspecified atom stereocenters. The summed E-state index contributed by atoms with van der Waals surface area (Å²) in [5.74, 6) is 0.993. The third kappa shape index (κ3) is 3.69. The predicted molar refractivity (Wildman–Crippen MR) is 74.1 cm³/mol. The maximum Gasteiger partial charge on any atom is 0.0306 e. The van der Waals surface area contributed by atoms with Crippen LogP contribution in [0.15, 0.2) is 0 Å². The molecule has 2 heteroatoms. The number of nitrogens with zero attached hydrogens (tertiary/aromatic N) is 1. The lowest BCUT2D eigenvalue weighted by atomic mass is 9.91. The summed E-state index contributed by atoms with van der Waals surface area (Å²) in [5, 5.41) is 0. The van der Waals surface area contributed by atoms with Crippen LogP contribution >= 0.6 is 0 Å². The van der Waals surface area contributed by atoms with Crippen molar-refractivity contribution in [3.8, 4) is 0 Å². The van der Waals surface area contributed by atoms with Gasteiger partial charge in [-0.1, -0.05) is 26.2 Å². The first kappa shape index (κ1) is 13.4. The molecule has 0 radical (unpaired) electrons.